The minimum atomic E-state index is -5.77. The van der Waals surface area contributed by atoms with E-state index in [9.17, 15) is 31.1 Å². The molecular weight excluding hydrogens is 394 g/mol. The molecule has 1 aromatic carbocycles. The molecule has 1 amide bonds. The van der Waals surface area contributed by atoms with Crippen LogP contribution in [0.3, 0.4) is 0 Å². The van der Waals surface area contributed by atoms with Crippen LogP contribution < -0.4 is 4.90 Å². The van der Waals surface area contributed by atoms with E-state index in [0.29, 0.717) is 10.7 Å². The van der Waals surface area contributed by atoms with Crippen LogP contribution in [0.4, 0.5) is 32.0 Å². The van der Waals surface area contributed by atoms with Crippen LogP contribution in [0, 0.1) is 5.92 Å². The van der Waals surface area contributed by atoms with Gasteiger partial charge in [0.15, 0.2) is 5.17 Å². The molecule has 25 heavy (non-hydrogen) atoms. The lowest BCUT2D eigenvalue weighted by Crippen LogP contribution is -2.42. The first-order valence-corrected chi connectivity index (χ1v) is 8.11. The molecule has 0 saturated carbocycles. The van der Waals surface area contributed by atoms with Gasteiger partial charge in [0.05, 0.1) is 0 Å². The maximum atomic E-state index is 12.6. The van der Waals surface area contributed by atoms with Crippen LogP contribution in [0.1, 0.15) is 6.92 Å². The first kappa shape index (κ1) is 19.9. The number of halogens is 7. The molecule has 11 heteroatoms. The third kappa shape index (κ3) is 4.81. The fraction of sp³-hybridized carbons (Fsp3) is 0.429. The summed E-state index contributed by atoms with van der Waals surface area (Å²) in [6.07, 6.45) is -11.5. The number of thioether (sulfide) groups is 1. The standard InChI is InChI=1S/C14H11ClF6N2OS/c1-7-6-23(9-4-2-3-8(15)5-9)12(25-7)22-11(24)10(13(16,17)18)14(19,20)21/h2-5,7,10H,6H2,1H3. The van der Waals surface area contributed by atoms with E-state index in [4.69, 9.17) is 11.6 Å². The molecular formula is C14H11ClF6N2OS. The average Bonchev–Trinajstić information content (AvgIpc) is 2.75. The number of amidine groups is 1. The highest BCUT2D eigenvalue weighted by Gasteiger charge is 2.61. The van der Waals surface area contributed by atoms with Crippen molar-refractivity contribution in [3.63, 3.8) is 0 Å². The minimum absolute atomic E-state index is 0.180. The molecule has 138 valence electrons. The Morgan fingerprint density at radius 1 is 1.28 bits per heavy atom. The normalized spacial score (nSPS) is 20.6. The number of alkyl halides is 6. The predicted octanol–water partition coefficient (Wildman–Crippen LogP) is 4.91. The number of rotatable bonds is 2. The highest BCUT2D eigenvalue weighted by atomic mass is 35.5. The number of hydrogen-bond donors (Lipinski definition) is 0. The van der Waals surface area contributed by atoms with Gasteiger partial charge in [0.1, 0.15) is 0 Å². The van der Waals surface area contributed by atoms with E-state index in [1.165, 1.54) is 11.0 Å². The van der Waals surface area contributed by atoms with Crippen LogP contribution in [-0.4, -0.2) is 35.2 Å². The van der Waals surface area contributed by atoms with Crippen LogP contribution in [0.15, 0.2) is 29.3 Å². The van der Waals surface area contributed by atoms with Crippen molar-refractivity contribution in [2.75, 3.05) is 11.4 Å². The third-order valence-corrected chi connectivity index (χ3v) is 4.51. The quantitative estimate of drug-likeness (QED) is 0.657. The minimum Gasteiger partial charge on any atom is -0.320 e. The largest absolute Gasteiger partial charge is 0.409 e. The molecule has 0 bridgehead atoms. The van der Waals surface area contributed by atoms with Crippen molar-refractivity contribution in [3.8, 4) is 0 Å². The van der Waals surface area contributed by atoms with Gasteiger partial charge in [-0.1, -0.05) is 36.4 Å². The van der Waals surface area contributed by atoms with E-state index >= 15 is 0 Å². The molecule has 1 heterocycles. The maximum absolute atomic E-state index is 12.6. The number of carbonyl (C=O) groups is 1. The Labute approximate surface area is 148 Å². The summed E-state index contributed by atoms with van der Waals surface area (Å²) in [4.78, 5) is 16.1. The summed E-state index contributed by atoms with van der Waals surface area (Å²) in [6, 6.07) is 6.17. The number of benzene rings is 1. The van der Waals surface area contributed by atoms with E-state index in [2.05, 4.69) is 4.99 Å². The lowest BCUT2D eigenvalue weighted by Gasteiger charge is -2.21. The number of aliphatic imine (C=N–C) groups is 1. The zero-order valence-electron chi connectivity index (χ0n) is 12.5. The zero-order chi connectivity index (χ0) is 19.0. The van der Waals surface area contributed by atoms with Crippen molar-refractivity contribution in [1.82, 2.24) is 0 Å². The number of carbonyl (C=O) groups excluding carboxylic acids is 1. The molecule has 0 radical (unpaired) electrons. The number of anilines is 1. The van der Waals surface area contributed by atoms with Gasteiger partial charge in [0, 0.05) is 22.5 Å². The Hall–Kier alpha value is -1.42. The summed E-state index contributed by atoms with van der Waals surface area (Å²) in [5.74, 6) is -6.44. The second kappa shape index (κ2) is 7.06. The highest BCUT2D eigenvalue weighted by Crippen LogP contribution is 2.41. The Bertz CT molecular complexity index is 677. The first-order chi connectivity index (χ1) is 11.4. The number of amides is 1. The van der Waals surface area contributed by atoms with Gasteiger partial charge < -0.3 is 4.90 Å². The third-order valence-electron chi connectivity index (χ3n) is 3.20. The highest BCUT2D eigenvalue weighted by molar-refractivity contribution is 8.15. The number of hydrogen-bond acceptors (Lipinski definition) is 2. The molecule has 0 N–H and O–H groups in total. The smallest absolute Gasteiger partial charge is 0.320 e. The van der Waals surface area contributed by atoms with Gasteiger partial charge >= 0.3 is 12.4 Å². The summed E-state index contributed by atoms with van der Waals surface area (Å²) in [5.41, 5.74) is 0.423. The molecule has 3 nitrogen and oxygen atoms in total. The lowest BCUT2D eigenvalue weighted by molar-refractivity contribution is -0.273. The monoisotopic (exact) mass is 404 g/mol. The molecule has 1 saturated heterocycles. The van der Waals surface area contributed by atoms with E-state index in [0.717, 1.165) is 11.8 Å². The Morgan fingerprint density at radius 3 is 2.40 bits per heavy atom. The van der Waals surface area contributed by atoms with Crippen molar-refractivity contribution in [2.45, 2.75) is 24.5 Å². The van der Waals surface area contributed by atoms with E-state index in [1.807, 2.05) is 0 Å². The van der Waals surface area contributed by atoms with E-state index < -0.39 is 24.2 Å². The summed E-state index contributed by atoms with van der Waals surface area (Å²) in [6.45, 7) is 1.97. The van der Waals surface area contributed by atoms with Crippen LogP contribution in [0.2, 0.25) is 5.02 Å². The lowest BCUT2D eigenvalue weighted by atomic mass is 10.1. The maximum Gasteiger partial charge on any atom is 0.409 e. The first-order valence-electron chi connectivity index (χ1n) is 6.85. The van der Waals surface area contributed by atoms with Crippen molar-refractivity contribution < 1.29 is 31.1 Å². The molecule has 1 atom stereocenters. The molecule has 1 aliphatic rings. The molecule has 1 aliphatic heterocycles. The predicted molar refractivity (Wildman–Crippen MR) is 83.9 cm³/mol. The van der Waals surface area contributed by atoms with Gasteiger partial charge in [-0.3, -0.25) is 4.79 Å². The van der Waals surface area contributed by atoms with Gasteiger partial charge in [-0.2, -0.15) is 31.3 Å². The van der Waals surface area contributed by atoms with Crippen LogP contribution in [0.25, 0.3) is 0 Å². The van der Waals surface area contributed by atoms with Crippen molar-refractivity contribution in [1.29, 1.82) is 0 Å². The van der Waals surface area contributed by atoms with Crippen LogP contribution >= 0.6 is 23.4 Å². The van der Waals surface area contributed by atoms with Gasteiger partial charge in [-0.15, -0.1) is 0 Å². The Morgan fingerprint density at radius 2 is 1.88 bits per heavy atom. The van der Waals surface area contributed by atoms with Gasteiger partial charge in [0.2, 0.25) is 5.92 Å². The fourth-order valence-electron chi connectivity index (χ4n) is 2.19. The number of nitrogens with zero attached hydrogens (tertiary/aromatic N) is 2. The zero-order valence-corrected chi connectivity index (χ0v) is 14.1. The Balaban J connectivity index is 2.38. The fourth-order valence-corrected chi connectivity index (χ4v) is 3.40. The second-order valence-electron chi connectivity index (χ2n) is 5.27. The molecule has 2 rings (SSSR count). The van der Waals surface area contributed by atoms with E-state index in [1.54, 1.807) is 25.1 Å². The molecule has 1 fully saturated rings. The van der Waals surface area contributed by atoms with Crippen molar-refractivity contribution in [2.24, 2.45) is 10.9 Å². The Kier molecular flexibility index (Phi) is 5.62. The van der Waals surface area contributed by atoms with Gasteiger partial charge in [0.25, 0.3) is 5.91 Å². The SMILES string of the molecule is CC1CN(c2cccc(Cl)c2)C(=NC(=O)C(C(F)(F)F)C(F)(F)F)S1. The van der Waals surface area contributed by atoms with Gasteiger partial charge in [-0.05, 0) is 18.2 Å². The second-order valence-corrected chi connectivity index (χ2v) is 7.11. The summed E-state index contributed by atoms with van der Waals surface area (Å²) >= 11 is 6.76. The molecule has 0 aliphatic carbocycles. The summed E-state index contributed by atoms with van der Waals surface area (Å²) in [5, 5.41) is -0.0739. The molecule has 0 spiro atoms. The molecule has 1 aromatic rings. The molecule has 0 aromatic heterocycles. The van der Waals surface area contributed by atoms with Crippen molar-refractivity contribution in [3.05, 3.63) is 29.3 Å². The molecule has 1 unspecified atom stereocenters. The van der Waals surface area contributed by atoms with Crippen LogP contribution in [-0.2, 0) is 4.79 Å². The topological polar surface area (TPSA) is 32.7 Å². The summed E-state index contributed by atoms with van der Waals surface area (Å²) < 4.78 is 75.9. The van der Waals surface area contributed by atoms with Crippen LogP contribution in [0.5, 0.6) is 0 Å². The van der Waals surface area contributed by atoms with E-state index in [-0.39, 0.29) is 17.0 Å². The van der Waals surface area contributed by atoms with Crippen molar-refractivity contribution >= 4 is 40.1 Å². The average molecular weight is 405 g/mol. The summed E-state index contributed by atoms with van der Waals surface area (Å²) in [7, 11) is 0. The van der Waals surface area contributed by atoms with Gasteiger partial charge in [-0.25, -0.2) is 0 Å².